The fraction of sp³-hybridized carbons (Fsp3) is 0.591. The van der Waals surface area contributed by atoms with Gasteiger partial charge >= 0.3 is 5.97 Å². The molecule has 1 N–H and O–H groups in total. The van der Waals surface area contributed by atoms with Gasteiger partial charge in [0.15, 0.2) is 6.61 Å². The minimum Gasteiger partial charge on any atom is -0.497 e. The lowest BCUT2D eigenvalue weighted by Gasteiger charge is -2.31. The van der Waals surface area contributed by atoms with Crippen LogP contribution in [0.1, 0.15) is 44.2 Å². The summed E-state index contributed by atoms with van der Waals surface area (Å²) in [5.74, 6) is 1.36. The van der Waals surface area contributed by atoms with Crippen molar-refractivity contribution in [3.8, 4) is 5.75 Å². The highest BCUT2D eigenvalue weighted by Gasteiger charge is 2.33. The summed E-state index contributed by atoms with van der Waals surface area (Å²) in [6.45, 7) is 3.86. The maximum Gasteiger partial charge on any atom is 0.316 e. The summed E-state index contributed by atoms with van der Waals surface area (Å²) in [6, 6.07) is 7.64. The molecule has 30 heavy (non-hydrogen) atoms. The van der Waals surface area contributed by atoms with Crippen LogP contribution in [0.2, 0.25) is 0 Å². The van der Waals surface area contributed by atoms with Gasteiger partial charge in [-0.3, -0.25) is 9.59 Å². The van der Waals surface area contributed by atoms with E-state index in [0.29, 0.717) is 5.92 Å². The zero-order chi connectivity index (χ0) is 21.5. The molecule has 1 aromatic carbocycles. The molecule has 164 valence electrons. The van der Waals surface area contributed by atoms with Gasteiger partial charge in [-0.05, 0) is 55.2 Å². The van der Waals surface area contributed by atoms with E-state index in [9.17, 15) is 9.59 Å². The summed E-state index contributed by atoms with van der Waals surface area (Å²) in [6.07, 6.45) is 4.42. The molecule has 1 unspecified atom stereocenters. The largest absolute Gasteiger partial charge is 0.497 e. The first-order valence-corrected chi connectivity index (χ1v) is 11.9. The minimum atomic E-state index is -0.421. The topological polar surface area (TPSA) is 67.9 Å². The molecule has 2 aliphatic rings. The summed E-state index contributed by atoms with van der Waals surface area (Å²) < 4.78 is 11.1. The van der Waals surface area contributed by atoms with Gasteiger partial charge in [0.05, 0.1) is 18.9 Å². The van der Waals surface area contributed by atoms with Crippen LogP contribution in [0.25, 0.3) is 0 Å². The molecule has 8 heteroatoms. The van der Waals surface area contributed by atoms with Crippen LogP contribution in [0.5, 0.6) is 5.75 Å². The van der Waals surface area contributed by atoms with E-state index < -0.39 is 5.97 Å². The van der Waals surface area contributed by atoms with Crippen molar-refractivity contribution in [3.05, 3.63) is 29.8 Å². The van der Waals surface area contributed by atoms with Crippen molar-refractivity contribution >= 4 is 40.2 Å². The van der Waals surface area contributed by atoms with Gasteiger partial charge in [-0.1, -0.05) is 43.0 Å². The lowest BCUT2D eigenvalue weighted by Crippen LogP contribution is -2.36. The molecule has 6 nitrogen and oxygen atoms in total. The molecule has 1 aliphatic heterocycles. The number of ether oxygens (including phenoxy) is 2. The van der Waals surface area contributed by atoms with Crippen molar-refractivity contribution in [1.82, 2.24) is 10.2 Å². The van der Waals surface area contributed by atoms with Gasteiger partial charge in [0.1, 0.15) is 10.1 Å². The number of methoxy groups -OCH3 is 1. The first-order chi connectivity index (χ1) is 14.5. The first kappa shape index (κ1) is 22.9. The van der Waals surface area contributed by atoms with E-state index in [2.05, 4.69) is 17.1 Å². The summed E-state index contributed by atoms with van der Waals surface area (Å²) in [5, 5.41) is 3.01. The number of carbonyl (C=O) groups excluding carboxylic acids is 2. The number of amides is 1. The quantitative estimate of drug-likeness (QED) is 0.480. The molecule has 1 saturated heterocycles. The lowest BCUT2D eigenvalue weighted by molar-refractivity contribution is -0.146. The molecule has 1 amide bonds. The molecule has 3 rings (SSSR count). The third kappa shape index (κ3) is 6.87. The molecule has 0 radical (unpaired) electrons. The van der Waals surface area contributed by atoms with Crippen molar-refractivity contribution in [2.24, 2.45) is 11.8 Å². The SMILES string of the molecule is COc1ccc(C(NC(=O)COC(=O)CSC(=S)N2CCC(C)CC2)C2CC2)cc1. The van der Waals surface area contributed by atoms with Crippen molar-refractivity contribution in [1.29, 1.82) is 0 Å². The molecule has 1 heterocycles. The van der Waals surface area contributed by atoms with Crippen LogP contribution in [0.3, 0.4) is 0 Å². The van der Waals surface area contributed by atoms with E-state index in [1.54, 1.807) is 7.11 Å². The summed E-state index contributed by atoms with van der Waals surface area (Å²) >= 11 is 6.74. The molecule has 0 bridgehead atoms. The number of carbonyl (C=O) groups is 2. The van der Waals surface area contributed by atoms with Crippen molar-refractivity contribution < 1.29 is 19.1 Å². The van der Waals surface area contributed by atoms with Crippen LogP contribution >= 0.6 is 24.0 Å². The Morgan fingerprint density at radius 3 is 2.47 bits per heavy atom. The highest BCUT2D eigenvalue weighted by Crippen LogP contribution is 2.41. The van der Waals surface area contributed by atoms with Crippen LogP contribution in [-0.2, 0) is 14.3 Å². The Morgan fingerprint density at radius 2 is 1.87 bits per heavy atom. The monoisotopic (exact) mass is 450 g/mol. The van der Waals surface area contributed by atoms with Crippen LogP contribution in [-0.4, -0.2) is 53.7 Å². The number of benzene rings is 1. The number of nitrogens with one attached hydrogen (secondary N) is 1. The van der Waals surface area contributed by atoms with Crippen LogP contribution in [0, 0.1) is 11.8 Å². The molecular formula is C22H30N2O4S2. The van der Waals surface area contributed by atoms with E-state index in [1.807, 2.05) is 24.3 Å². The Balaban J connectivity index is 1.39. The van der Waals surface area contributed by atoms with Gasteiger partial charge in [-0.15, -0.1) is 0 Å². The second-order valence-corrected chi connectivity index (χ2v) is 9.65. The van der Waals surface area contributed by atoms with Crippen molar-refractivity contribution in [2.75, 3.05) is 32.6 Å². The zero-order valence-electron chi connectivity index (χ0n) is 17.6. The average molecular weight is 451 g/mol. The molecule has 1 saturated carbocycles. The number of thioether (sulfide) groups is 1. The number of nitrogens with zero attached hydrogens (tertiary/aromatic N) is 1. The Morgan fingerprint density at radius 1 is 1.20 bits per heavy atom. The number of esters is 1. The zero-order valence-corrected chi connectivity index (χ0v) is 19.2. The molecule has 0 aromatic heterocycles. The molecule has 1 aromatic rings. The van der Waals surface area contributed by atoms with E-state index in [4.69, 9.17) is 21.7 Å². The predicted octanol–water partition coefficient (Wildman–Crippen LogP) is 3.56. The smallest absolute Gasteiger partial charge is 0.316 e. The van der Waals surface area contributed by atoms with Gasteiger partial charge in [0, 0.05) is 13.1 Å². The lowest BCUT2D eigenvalue weighted by atomic mass is 10.00. The highest BCUT2D eigenvalue weighted by atomic mass is 32.2. The number of rotatable bonds is 8. The third-order valence-electron chi connectivity index (χ3n) is 5.60. The summed E-state index contributed by atoms with van der Waals surface area (Å²) in [7, 11) is 1.63. The second-order valence-electron chi connectivity index (χ2n) is 8.04. The third-order valence-corrected chi connectivity index (χ3v) is 7.10. The molecule has 1 atom stereocenters. The second kappa shape index (κ2) is 11.0. The number of piperidine rings is 1. The highest BCUT2D eigenvalue weighted by molar-refractivity contribution is 8.23. The number of thiocarbonyl (C=S) groups is 1. The molecular weight excluding hydrogens is 420 g/mol. The maximum atomic E-state index is 12.3. The van der Waals surface area contributed by atoms with E-state index >= 15 is 0 Å². The Kier molecular flexibility index (Phi) is 8.39. The van der Waals surface area contributed by atoms with E-state index in [1.165, 1.54) is 11.8 Å². The van der Waals surface area contributed by atoms with Crippen LogP contribution < -0.4 is 10.1 Å². The molecule has 2 fully saturated rings. The fourth-order valence-electron chi connectivity index (χ4n) is 3.52. The predicted molar refractivity (Wildman–Crippen MR) is 123 cm³/mol. The Labute approximate surface area is 188 Å². The normalized spacial score (nSPS) is 17.9. The van der Waals surface area contributed by atoms with Gasteiger partial charge in [-0.25, -0.2) is 0 Å². The summed E-state index contributed by atoms with van der Waals surface area (Å²) in [5.41, 5.74) is 1.04. The van der Waals surface area contributed by atoms with Crippen LogP contribution in [0.15, 0.2) is 24.3 Å². The standard InChI is InChI=1S/C22H30N2O4S2/c1-15-9-11-24(12-10-15)22(29)30-14-20(26)28-13-19(25)23-21(16-3-4-16)17-5-7-18(27-2)8-6-17/h5-8,15-16,21H,3-4,9-14H2,1-2H3,(H,23,25). The maximum absolute atomic E-state index is 12.3. The number of likely N-dealkylation sites (tertiary alicyclic amines) is 1. The van der Waals surface area contributed by atoms with E-state index in [0.717, 1.165) is 60.3 Å². The van der Waals surface area contributed by atoms with E-state index in [-0.39, 0.29) is 24.3 Å². The van der Waals surface area contributed by atoms with Gasteiger partial charge in [-0.2, -0.15) is 0 Å². The fourth-order valence-corrected chi connectivity index (χ4v) is 4.57. The molecule has 1 aliphatic carbocycles. The minimum absolute atomic E-state index is 0.0643. The van der Waals surface area contributed by atoms with Crippen LogP contribution in [0.4, 0.5) is 0 Å². The van der Waals surface area contributed by atoms with Crippen molar-refractivity contribution in [3.63, 3.8) is 0 Å². The number of hydrogen-bond acceptors (Lipinski definition) is 6. The van der Waals surface area contributed by atoms with Gasteiger partial charge in [0.2, 0.25) is 0 Å². The Hall–Kier alpha value is -1.80. The Bertz CT molecular complexity index is 744. The summed E-state index contributed by atoms with van der Waals surface area (Å²) in [4.78, 5) is 26.5. The van der Waals surface area contributed by atoms with Gasteiger partial charge < -0.3 is 19.7 Å². The first-order valence-electron chi connectivity index (χ1n) is 10.5. The average Bonchev–Trinajstić information content (AvgIpc) is 3.60. The van der Waals surface area contributed by atoms with Crippen molar-refractivity contribution in [2.45, 2.75) is 38.6 Å². The molecule has 0 spiro atoms. The van der Waals surface area contributed by atoms with Gasteiger partial charge in [0.25, 0.3) is 5.91 Å². The number of hydrogen-bond donors (Lipinski definition) is 1.